The third-order valence-electron chi connectivity index (χ3n) is 4.62. The van der Waals surface area contributed by atoms with Gasteiger partial charge in [0.1, 0.15) is 11.8 Å². The van der Waals surface area contributed by atoms with Gasteiger partial charge in [0.2, 0.25) is 0 Å². The highest BCUT2D eigenvalue weighted by Crippen LogP contribution is 2.27. The molecule has 2 saturated heterocycles. The summed E-state index contributed by atoms with van der Waals surface area (Å²) in [5.41, 5.74) is 1.01. The number of pyridine rings is 1. The zero-order valence-corrected chi connectivity index (χ0v) is 12.9. The molecule has 3 atom stereocenters. The van der Waals surface area contributed by atoms with Crippen molar-refractivity contribution in [3.8, 4) is 6.07 Å². The summed E-state index contributed by atoms with van der Waals surface area (Å²) in [5.74, 6) is 0.584. The second-order valence-corrected chi connectivity index (χ2v) is 7.06. The number of fused-ring (bicyclic) bond motifs is 3. The van der Waals surface area contributed by atoms with Crippen LogP contribution in [0.3, 0.4) is 0 Å². The molecule has 112 valence electrons. The molecule has 22 heavy (non-hydrogen) atoms. The number of nitriles is 1. The number of hydrogen-bond donors (Lipinski definition) is 1. The monoisotopic (exact) mass is 312 g/mol. The number of thiophene rings is 1. The van der Waals surface area contributed by atoms with Crippen molar-refractivity contribution in [3.63, 3.8) is 0 Å². The van der Waals surface area contributed by atoms with Crippen LogP contribution in [-0.4, -0.2) is 41.5 Å². The van der Waals surface area contributed by atoms with Gasteiger partial charge >= 0.3 is 0 Å². The Balaban J connectivity index is 1.54. The predicted molar refractivity (Wildman–Crippen MR) is 84.8 cm³/mol. The van der Waals surface area contributed by atoms with Gasteiger partial charge in [-0.15, -0.1) is 11.3 Å². The molecule has 0 spiro atoms. The SMILES string of the molecule is N#Cc1csc2cnc(C(=O)NC3CC4CCN(C4)C3)cc12. The van der Waals surface area contributed by atoms with Crippen LogP contribution in [0.15, 0.2) is 17.6 Å². The van der Waals surface area contributed by atoms with E-state index in [2.05, 4.69) is 21.3 Å². The highest BCUT2D eigenvalue weighted by atomic mass is 32.1. The van der Waals surface area contributed by atoms with Crippen molar-refractivity contribution in [2.45, 2.75) is 18.9 Å². The first kappa shape index (κ1) is 13.7. The third kappa shape index (κ3) is 2.36. The van der Waals surface area contributed by atoms with E-state index in [-0.39, 0.29) is 11.9 Å². The van der Waals surface area contributed by atoms with Crippen LogP contribution in [0.2, 0.25) is 0 Å². The van der Waals surface area contributed by atoms with E-state index in [1.54, 1.807) is 17.6 Å². The maximum absolute atomic E-state index is 12.4. The molecule has 5 nitrogen and oxygen atoms in total. The van der Waals surface area contributed by atoms with Crippen LogP contribution in [0.25, 0.3) is 10.1 Å². The lowest BCUT2D eigenvalue weighted by Crippen LogP contribution is -2.47. The van der Waals surface area contributed by atoms with Crippen LogP contribution in [-0.2, 0) is 0 Å². The molecule has 1 N–H and O–H groups in total. The number of hydrogen-bond acceptors (Lipinski definition) is 5. The fourth-order valence-corrected chi connectivity index (χ4v) is 4.40. The summed E-state index contributed by atoms with van der Waals surface area (Å²) in [6, 6.07) is 4.11. The van der Waals surface area contributed by atoms with Crippen LogP contribution in [0, 0.1) is 17.2 Å². The van der Waals surface area contributed by atoms with E-state index in [9.17, 15) is 4.79 Å². The molecular formula is C16H16N4OS. The molecule has 2 fully saturated rings. The van der Waals surface area contributed by atoms with Gasteiger partial charge in [0, 0.05) is 36.1 Å². The molecule has 2 aliphatic heterocycles. The summed E-state index contributed by atoms with van der Waals surface area (Å²) < 4.78 is 0.940. The van der Waals surface area contributed by atoms with Gasteiger partial charge in [-0.3, -0.25) is 4.79 Å². The van der Waals surface area contributed by atoms with E-state index in [4.69, 9.17) is 5.26 Å². The second kappa shape index (κ2) is 5.34. The van der Waals surface area contributed by atoms with Crippen molar-refractivity contribution in [3.05, 3.63) is 28.9 Å². The van der Waals surface area contributed by atoms with Gasteiger partial charge < -0.3 is 10.2 Å². The lowest BCUT2D eigenvalue weighted by Gasteiger charge is -2.30. The smallest absolute Gasteiger partial charge is 0.270 e. The van der Waals surface area contributed by atoms with E-state index in [1.807, 2.05) is 0 Å². The minimum absolute atomic E-state index is 0.135. The maximum Gasteiger partial charge on any atom is 0.270 e. The van der Waals surface area contributed by atoms with Crippen molar-refractivity contribution < 1.29 is 4.79 Å². The summed E-state index contributed by atoms with van der Waals surface area (Å²) >= 11 is 1.48. The minimum Gasteiger partial charge on any atom is -0.347 e. The molecule has 3 unspecified atom stereocenters. The van der Waals surface area contributed by atoms with E-state index < -0.39 is 0 Å². The number of carbonyl (C=O) groups is 1. The summed E-state index contributed by atoms with van der Waals surface area (Å²) in [6.07, 6.45) is 3.99. The van der Waals surface area contributed by atoms with Gasteiger partial charge in [0.05, 0.1) is 10.3 Å². The Morgan fingerprint density at radius 2 is 2.41 bits per heavy atom. The Labute approximate surface area is 132 Å². The first-order chi connectivity index (χ1) is 10.7. The first-order valence-corrected chi connectivity index (χ1v) is 8.41. The summed E-state index contributed by atoms with van der Waals surface area (Å²) in [5, 5.41) is 14.8. The first-order valence-electron chi connectivity index (χ1n) is 7.53. The molecule has 0 radical (unpaired) electrons. The summed E-state index contributed by atoms with van der Waals surface area (Å²) in [7, 11) is 0. The minimum atomic E-state index is -0.135. The molecule has 2 aromatic heterocycles. The van der Waals surface area contributed by atoms with Gasteiger partial charge in [-0.1, -0.05) is 0 Å². The highest BCUT2D eigenvalue weighted by Gasteiger charge is 2.33. The Kier molecular flexibility index (Phi) is 3.32. The van der Waals surface area contributed by atoms with E-state index in [1.165, 1.54) is 24.3 Å². The van der Waals surface area contributed by atoms with Gasteiger partial charge in [-0.25, -0.2) is 4.98 Å². The Hall–Kier alpha value is -1.97. The lowest BCUT2D eigenvalue weighted by molar-refractivity contribution is 0.0904. The summed E-state index contributed by atoms with van der Waals surface area (Å²) in [4.78, 5) is 19.1. The zero-order chi connectivity index (χ0) is 15.1. The molecule has 0 saturated carbocycles. The van der Waals surface area contributed by atoms with Gasteiger partial charge in [0.25, 0.3) is 5.91 Å². The van der Waals surface area contributed by atoms with Crippen LogP contribution < -0.4 is 5.32 Å². The van der Waals surface area contributed by atoms with Crippen molar-refractivity contribution in [2.75, 3.05) is 19.6 Å². The number of carbonyl (C=O) groups excluding carboxylic acids is 1. The van der Waals surface area contributed by atoms with Crippen molar-refractivity contribution >= 4 is 27.3 Å². The van der Waals surface area contributed by atoms with Gasteiger partial charge in [-0.05, 0) is 31.4 Å². The topological polar surface area (TPSA) is 69.0 Å². The Morgan fingerprint density at radius 1 is 1.50 bits per heavy atom. The fourth-order valence-electron chi connectivity index (χ4n) is 3.57. The second-order valence-electron chi connectivity index (χ2n) is 6.15. The van der Waals surface area contributed by atoms with Gasteiger partial charge in [-0.2, -0.15) is 5.26 Å². The number of piperidine rings is 1. The van der Waals surface area contributed by atoms with Crippen LogP contribution >= 0.6 is 11.3 Å². The Bertz CT molecular complexity index is 766. The molecule has 0 aliphatic carbocycles. The number of aromatic nitrogens is 1. The van der Waals surface area contributed by atoms with Crippen LogP contribution in [0.5, 0.6) is 0 Å². The molecule has 2 bridgehead atoms. The molecule has 2 aromatic rings. The average molecular weight is 312 g/mol. The van der Waals surface area contributed by atoms with Crippen molar-refractivity contribution in [2.24, 2.45) is 5.92 Å². The Morgan fingerprint density at radius 3 is 3.23 bits per heavy atom. The lowest BCUT2D eigenvalue weighted by atomic mass is 9.97. The zero-order valence-electron chi connectivity index (χ0n) is 12.1. The quantitative estimate of drug-likeness (QED) is 0.921. The molecule has 0 aromatic carbocycles. The molecule has 2 aliphatic rings. The molecule has 1 amide bonds. The summed E-state index contributed by atoms with van der Waals surface area (Å²) in [6.45, 7) is 3.27. The number of nitrogens with zero attached hydrogens (tertiary/aromatic N) is 3. The molecule has 4 heterocycles. The number of rotatable bonds is 2. The van der Waals surface area contributed by atoms with Crippen LogP contribution in [0.4, 0.5) is 0 Å². The largest absolute Gasteiger partial charge is 0.347 e. The molecular weight excluding hydrogens is 296 g/mol. The van der Waals surface area contributed by atoms with Crippen LogP contribution in [0.1, 0.15) is 28.9 Å². The normalized spacial score (nSPS) is 26.8. The third-order valence-corrected chi connectivity index (χ3v) is 5.55. The standard InChI is InChI=1S/C16H16N4OS/c17-5-11-9-22-15-6-18-14(4-13(11)15)16(21)19-12-3-10-1-2-20(7-10)8-12/h4,6,9-10,12H,1-3,7-8H2,(H,19,21). The van der Waals surface area contributed by atoms with Crippen molar-refractivity contribution in [1.82, 2.24) is 15.2 Å². The number of nitrogens with one attached hydrogen (secondary N) is 1. The predicted octanol–water partition coefficient (Wildman–Crippen LogP) is 1.99. The van der Waals surface area contributed by atoms with Gasteiger partial charge in [0.15, 0.2) is 0 Å². The maximum atomic E-state index is 12.4. The van der Waals surface area contributed by atoms with E-state index in [0.717, 1.165) is 35.5 Å². The molecule has 4 rings (SSSR count). The molecule has 6 heteroatoms. The number of amides is 1. The fraction of sp³-hybridized carbons (Fsp3) is 0.438. The van der Waals surface area contributed by atoms with E-state index in [0.29, 0.717) is 11.3 Å². The highest BCUT2D eigenvalue weighted by molar-refractivity contribution is 7.17. The van der Waals surface area contributed by atoms with E-state index >= 15 is 0 Å². The average Bonchev–Trinajstić information content (AvgIpc) is 3.09. The van der Waals surface area contributed by atoms with Crippen molar-refractivity contribution in [1.29, 1.82) is 5.26 Å².